The molecule has 0 aliphatic heterocycles. The summed E-state index contributed by atoms with van der Waals surface area (Å²) in [6.45, 7) is 1.58. The van der Waals surface area contributed by atoms with Gasteiger partial charge in [0.15, 0.2) is 0 Å². The lowest BCUT2D eigenvalue weighted by atomic mass is 9.90. The molecular formula is C15H22ClNO. The van der Waals surface area contributed by atoms with E-state index in [9.17, 15) is 0 Å². The van der Waals surface area contributed by atoms with E-state index in [-0.39, 0.29) is 0 Å². The molecule has 0 heterocycles. The molecule has 1 fully saturated rings. The van der Waals surface area contributed by atoms with Gasteiger partial charge in [-0.05, 0) is 37.9 Å². The molecule has 2 nitrogen and oxygen atoms in total. The fourth-order valence-corrected chi connectivity index (χ4v) is 2.82. The molecule has 18 heavy (non-hydrogen) atoms. The Bertz CT molecular complexity index is 375. The highest BCUT2D eigenvalue weighted by Gasteiger charge is 2.15. The molecule has 3 heteroatoms. The van der Waals surface area contributed by atoms with Gasteiger partial charge in [-0.1, -0.05) is 36.9 Å². The number of ether oxygens (including phenoxy) is 1. The number of halogens is 1. The molecule has 1 saturated carbocycles. The molecule has 1 aromatic carbocycles. The summed E-state index contributed by atoms with van der Waals surface area (Å²) < 4.78 is 5.99. The van der Waals surface area contributed by atoms with Crippen LogP contribution in [0.3, 0.4) is 0 Å². The van der Waals surface area contributed by atoms with Crippen molar-refractivity contribution in [2.24, 2.45) is 5.92 Å². The zero-order valence-corrected chi connectivity index (χ0v) is 11.8. The van der Waals surface area contributed by atoms with E-state index in [1.54, 1.807) is 0 Å². The van der Waals surface area contributed by atoms with Crippen molar-refractivity contribution >= 4 is 11.6 Å². The number of nitrogens with one attached hydrogen (secondary N) is 1. The van der Waals surface area contributed by atoms with Gasteiger partial charge in [0.1, 0.15) is 5.75 Å². The Morgan fingerprint density at radius 3 is 2.78 bits per heavy atom. The fourth-order valence-electron chi connectivity index (χ4n) is 2.58. The van der Waals surface area contributed by atoms with Crippen molar-refractivity contribution in [2.45, 2.75) is 38.6 Å². The average Bonchev–Trinajstić information content (AvgIpc) is 2.41. The predicted octanol–water partition coefficient (Wildman–Crippen LogP) is 4.02. The Morgan fingerprint density at radius 1 is 1.28 bits per heavy atom. The molecule has 0 radical (unpaired) electrons. The SMILES string of the molecule is CNCc1c(Cl)cccc1OCC1CCCCC1. The molecule has 1 aliphatic rings. The maximum absolute atomic E-state index is 6.21. The lowest BCUT2D eigenvalue weighted by Gasteiger charge is -2.22. The maximum atomic E-state index is 6.21. The van der Waals surface area contributed by atoms with E-state index in [0.29, 0.717) is 0 Å². The molecule has 100 valence electrons. The molecule has 0 saturated heterocycles. The van der Waals surface area contributed by atoms with E-state index in [1.807, 2.05) is 25.2 Å². The predicted molar refractivity (Wildman–Crippen MR) is 76.3 cm³/mol. The molecule has 0 unspecified atom stereocenters. The van der Waals surface area contributed by atoms with Crippen molar-refractivity contribution in [1.29, 1.82) is 0 Å². The largest absolute Gasteiger partial charge is 0.493 e. The van der Waals surface area contributed by atoms with Gasteiger partial charge in [-0.25, -0.2) is 0 Å². The Balaban J connectivity index is 1.97. The minimum absolute atomic E-state index is 0.722. The van der Waals surface area contributed by atoms with Crippen LogP contribution in [0.1, 0.15) is 37.7 Å². The smallest absolute Gasteiger partial charge is 0.125 e. The zero-order chi connectivity index (χ0) is 12.8. The summed E-state index contributed by atoms with van der Waals surface area (Å²) in [4.78, 5) is 0. The van der Waals surface area contributed by atoms with Gasteiger partial charge in [0.25, 0.3) is 0 Å². The summed E-state index contributed by atoms with van der Waals surface area (Å²) in [5, 5.41) is 3.92. The second-order valence-electron chi connectivity index (χ2n) is 5.06. The van der Waals surface area contributed by atoms with Crippen molar-refractivity contribution in [1.82, 2.24) is 5.32 Å². The number of hydrogen-bond donors (Lipinski definition) is 1. The van der Waals surface area contributed by atoms with Crippen LogP contribution < -0.4 is 10.1 Å². The van der Waals surface area contributed by atoms with Crippen LogP contribution in [0, 0.1) is 5.92 Å². The highest BCUT2D eigenvalue weighted by Crippen LogP contribution is 2.29. The average molecular weight is 268 g/mol. The van der Waals surface area contributed by atoms with Crippen LogP contribution in [0.4, 0.5) is 0 Å². The van der Waals surface area contributed by atoms with E-state index in [0.717, 1.165) is 35.4 Å². The first-order chi connectivity index (χ1) is 8.81. The third kappa shape index (κ3) is 3.63. The van der Waals surface area contributed by atoms with Crippen LogP contribution in [0.5, 0.6) is 5.75 Å². The highest BCUT2D eigenvalue weighted by atomic mass is 35.5. The first kappa shape index (κ1) is 13.7. The first-order valence-corrected chi connectivity index (χ1v) is 7.24. The minimum atomic E-state index is 0.722. The fraction of sp³-hybridized carbons (Fsp3) is 0.600. The van der Waals surface area contributed by atoms with Crippen LogP contribution in [0.25, 0.3) is 0 Å². The van der Waals surface area contributed by atoms with E-state index in [2.05, 4.69) is 5.32 Å². The second kappa shape index (κ2) is 7.01. The normalized spacial score (nSPS) is 16.8. The summed E-state index contributed by atoms with van der Waals surface area (Å²) >= 11 is 6.21. The summed E-state index contributed by atoms with van der Waals surface area (Å²) in [5.74, 6) is 1.66. The molecule has 2 rings (SSSR count). The molecule has 1 N–H and O–H groups in total. The van der Waals surface area contributed by atoms with Gasteiger partial charge in [-0.2, -0.15) is 0 Å². The van der Waals surface area contributed by atoms with Gasteiger partial charge < -0.3 is 10.1 Å². The van der Waals surface area contributed by atoms with Crippen molar-refractivity contribution < 1.29 is 4.74 Å². The Kier molecular flexibility index (Phi) is 5.33. The summed E-state index contributed by atoms with van der Waals surface area (Å²) in [5.41, 5.74) is 1.07. The number of benzene rings is 1. The number of rotatable bonds is 5. The monoisotopic (exact) mass is 267 g/mol. The third-order valence-corrected chi connectivity index (χ3v) is 3.98. The molecule has 0 amide bonds. The van der Waals surface area contributed by atoms with Crippen LogP contribution in [-0.2, 0) is 6.54 Å². The van der Waals surface area contributed by atoms with Crippen LogP contribution in [0.2, 0.25) is 5.02 Å². The van der Waals surface area contributed by atoms with Crippen molar-refractivity contribution in [3.05, 3.63) is 28.8 Å². The van der Waals surface area contributed by atoms with E-state index >= 15 is 0 Å². The van der Waals surface area contributed by atoms with E-state index in [4.69, 9.17) is 16.3 Å². The topological polar surface area (TPSA) is 21.3 Å². The lowest BCUT2D eigenvalue weighted by Crippen LogP contribution is -2.16. The van der Waals surface area contributed by atoms with E-state index in [1.165, 1.54) is 32.1 Å². The maximum Gasteiger partial charge on any atom is 0.125 e. The van der Waals surface area contributed by atoms with Crippen LogP contribution in [-0.4, -0.2) is 13.7 Å². The summed E-state index contributed by atoms with van der Waals surface area (Å²) in [6, 6.07) is 5.89. The molecular weight excluding hydrogens is 246 g/mol. The highest BCUT2D eigenvalue weighted by molar-refractivity contribution is 6.31. The molecule has 0 aromatic heterocycles. The Hall–Kier alpha value is -0.730. The third-order valence-electron chi connectivity index (χ3n) is 3.63. The molecule has 0 bridgehead atoms. The number of hydrogen-bond acceptors (Lipinski definition) is 2. The van der Waals surface area contributed by atoms with Crippen LogP contribution in [0.15, 0.2) is 18.2 Å². The first-order valence-electron chi connectivity index (χ1n) is 6.86. The molecule has 0 atom stereocenters. The Labute approximate surface area is 115 Å². The van der Waals surface area contributed by atoms with Gasteiger partial charge in [-0.3, -0.25) is 0 Å². The van der Waals surface area contributed by atoms with Gasteiger partial charge >= 0.3 is 0 Å². The van der Waals surface area contributed by atoms with Crippen LogP contribution >= 0.6 is 11.6 Å². The molecule has 1 aromatic rings. The van der Waals surface area contributed by atoms with E-state index < -0.39 is 0 Å². The molecule has 1 aliphatic carbocycles. The van der Waals surface area contributed by atoms with Gasteiger partial charge in [0.05, 0.1) is 6.61 Å². The minimum Gasteiger partial charge on any atom is -0.493 e. The van der Waals surface area contributed by atoms with Gasteiger partial charge in [-0.15, -0.1) is 0 Å². The second-order valence-corrected chi connectivity index (χ2v) is 5.47. The van der Waals surface area contributed by atoms with Crippen molar-refractivity contribution in [3.63, 3.8) is 0 Å². The van der Waals surface area contributed by atoms with Gasteiger partial charge in [0, 0.05) is 17.1 Å². The molecule has 0 spiro atoms. The summed E-state index contributed by atoms with van der Waals surface area (Å²) in [6.07, 6.45) is 6.71. The lowest BCUT2D eigenvalue weighted by molar-refractivity contribution is 0.207. The summed E-state index contributed by atoms with van der Waals surface area (Å²) in [7, 11) is 1.92. The van der Waals surface area contributed by atoms with Crippen molar-refractivity contribution in [3.8, 4) is 5.75 Å². The zero-order valence-electron chi connectivity index (χ0n) is 11.0. The quantitative estimate of drug-likeness (QED) is 0.870. The standard InChI is InChI=1S/C15H22ClNO/c1-17-10-13-14(16)8-5-9-15(13)18-11-12-6-3-2-4-7-12/h5,8-9,12,17H,2-4,6-7,10-11H2,1H3. The van der Waals surface area contributed by atoms with Crippen molar-refractivity contribution in [2.75, 3.05) is 13.7 Å². The van der Waals surface area contributed by atoms with Gasteiger partial charge in [0.2, 0.25) is 0 Å². The Morgan fingerprint density at radius 2 is 2.06 bits per heavy atom.